The van der Waals surface area contributed by atoms with Crippen molar-refractivity contribution in [2.24, 2.45) is 4.99 Å². The summed E-state index contributed by atoms with van der Waals surface area (Å²) < 4.78 is 16.9. The molecule has 3 rings (SSSR count). The zero-order valence-electron chi connectivity index (χ0n) is 15.0. The first-order valence-electron chi connectivity index (χ1n) is 8.61. The standard InChI is InChI=1S/C18H27N3O3.HI/c1-12(23-14-6-4-13(22-3)5-7-14)11-20-18(19-2)21-16-10-15-8-9-17(16)24-15;/h4-7,12,15-17H,8-11H2,1-3H3,(H2,19,20,21);1H. The molecular weight excluding hydrogens is 433 g/mol. The third-order valence-corrected chi connectivity index (χ3v) is 4.61. The summed E-state index contributed by atoms with van der Waals surface area (Å²) in [7, 11) is 3.45. The summed E-state index contributed by atoms with van der Waals surface area (Å²) in [4.78, 5) is 4.30. The first-order valence-corrected chi connectivity index (χ1v) is 8.61. The summed E-state index contributed by atoms with van der Waals surface area (Å²) in [6.07, 6.45) is 4.21. The normalized spacial score (nSPS) is 25.9. The van der Waals surface area contributed by atoms with Crippen molar-refractivity contribution in [3.63, 3.8) is 0 Å². The van der Waals surface area contributed by atoms with Crippen molar-refractivity contribution in [2.45, 2.75) is 50.5 Å². The van der Waals surface area contributed by atoms with Gasteiger partial charge < -0.3 is 24.8 Å². The smallest absolute Gasteiger partial charge is 0.191 e. The molecule has 2 bridgehead atoms. The van der Waals surface area contributed by atoms with Crippen LogP contribution in [0.25, 0.3) is 0 Å². The zero-order valence-corrected chi connectivity index (χ0v) is 17.4. The summed E-state index contributed by atoms with van der Waals surface area (Å²) >= 11 is 0. The first-order chi connectivity index (χ1) is 11.7. The number of fused-ring (bicyclic) bond motifs is 2. The van der Waals surface area contributed by atoms with Crippen LogP contribution in [0.4, 0.5) is 0 Å². The molecule has 2 N–H and O–H groups in total. The highest BCUT2D eigenvalue weighted by atomic mass is 127. The highest BCUT2D eigenvalue weighted by Gasteiger charge is 2.41. The predicted molar refractivity (Wildman–Crippen MR) is 109 cm³/mol. The molecule has 0 aromatic heterocycles. The molecule has 2 heterocycles. The average Bonchev–Trinajstić information content (AvgIpc) is 3.22. The van der Waals surface area contributed by atoms with Gasteiger partial charge in [-0.05, 0) is 50.5 Å². The maximum Gasteiger partial charge on any atom is 0.191 e. The maximum atomic E-state index is 5.90. The average molecular weight is 461 g/mol. The molecule has 0 radical (unpaired) electrons. The minimum Gasteiger partial charge on any atom is -0.497 e. The van der Waals surface area contributed by atoms with Gasteiger partial charge in [0.1, 0.15) is 17.6 Å². The minimum atomic E-state index is 0. The monoisotopic (exact) mass is 461 g/mol. The fraction of sp³-hybridized carbons (Fsp3) is 0.611. The van der Waals surface area contributed by atoms with Gasteiger partial charge in [-0.15, -0.1) is 24.0 Å². The van der Waals surface area contributed by atoms with E-state index in [0.717, 1.165) is 30.3 Å². The van der Waals surface area contributed by atoms with Gasteiger partial charge in [0.05, 0.1) is 31.9 Å². The third kappa shape index (κ3) is 5.37. The summed E-state index contributed by atoms with van der Waals surface area (Å²) in [6, 6.07) is 7.98. The van der Waals surface area contributed by atoms with Crippen LogP contribution in [0.3, 0.4) is 0 Å². The summed E-state index contributed by atoms with van der Waals surface area (Å²) in [6.45, 7) is 2.71. The molecule has 1 aromatic carbocycles. The Labute approximate surface area is 166 Å². The van der Waals surface area contributed by atoms with Crippen LogP contribution >= 0.6 is 24.0 Å². The molecule has 7 heteroatoms. The maximum absolute atomic E-state index is 5.90. The van der Waals surface area contributed by atoms with Gasteiger partial charge in [-0.25, -0.2) is 0 Å². The number of nitrogens with zero attached hydrogens (tertiary/aromatic N) is 1. The Morgan fingerprint density at radius 1 is 1.28 bits per heavy atom. The van der Waals surface area contributed by atoms with Crippen LogP contribution in [-0.4, -0.2) is 51.0 Å². The molecule has 0 amide bonds. The van der Waals surface area contributed by atoms with Gasteiger partial charge in [0.25, 0.3) is 0 Å². The fourth-order valence-corrected chi connectivity index (χ4v) is 3.33. The minimum absolute atomic E-state index is 0. The van der Waals surface area contributed by atoms with Crippen molar-refractivity contribution in [3.05, 3.63) is 24.3 Å². The van der Waals surface area contributed by atoms with Crippen LogP contribution in [0.2, 0.25) is 0 Å². The number of ether oxygens (including phenoxy) is 3. The van der Waals surface area contributed by atoms with Gasteiger partial charge in [0.15, 0.2) is 5.96 Å². The van der Waals surface area contributed by atoms with Crippen LogP contribution in [0.1, 0.15) is 26.2 Å². The third-order valence-electron chi connectivity index (χ3n) is 4.61. The number of hydrogen-bond donors (Lipinski definition) is 2. The fourth-order valence-electron chi connectivity index (χ4n) is 3.33. The van der Waals surface area contributed by atoms with E-state index in [1.54, 1.807) is 14.2 Å². The number of methoxy groups -OCH3 is 1. The summed E-state index contributed by atoms with van der Waals surface area (Å²) in [5.74, 6) is 2.46. The summed E-state index contributed by atoms with van der Waals surface area (Å²) in [5, 5.41) is 6.81. The molecule has 25 heavy (non-hydrogen) atoms. The molecule has 2 aliphatic rings. The topological polar surface area (TPSA) is 64.1 Å². The predicted octanol–water partition coefficient (Wildman–Crippen LogP) is 2.57. The lowest BCUT2D eigenvalue weighted by Crippen LogP contribution is -2.49. The Balaban J connectivity index is 0.00000225. The van der Waals surface area contributed by atoms with Crippen molar-refractivity contribution in [1.82, 2.24) is 10.6 Å². The van der Waals surface area contributed by atoms with Gasteiger partial charge in [0.2, 0.25) is 0 Å². The van der Waals surface area contributed by atoms with E-state index in [2.05, 4.69) is 15.6 Å². The highest BCUT2D eigenvalue weighted by molar-refractivity contribution is 14.0. The Morgan fingerprint density at radius 3 is 2.56 bits per heavy atom. The number of benzene rings is 1. The lowest BCUT2D eigenvalue weighted by atomic mass is 9.96. The van der Waals surface area contributed by atoms with E-state index >= 15 is 0 Å². The second-order valence-electron chi connectivity index (χ2n) is 6.42. The van der Waals surface area contributed by atoms with Crippen LogP contribution in [0.15, 0.2) is 29.3 Å². The van der Waals surface area contributed by atoms with E-state index in [9.17, 15) is 0 Å². The number of hydrogen-bond acceptors (Lipinski definition) is 4. The van der Waals surface area contributed by atoms with Crippen molar-refractivity contribution in [2.75, 3.05) is 20.7 Å². The van der Waals surface area contributed by atoms with Gasteiger partial charge in [-0.1, -0.05) is 0 Å². The van der Waals surface area contributed by atoms with E-state index in [0.29, 0.717) is 24.8 Å². The van der Waals surface area contributed by atoms with Gasteiger partial charge in [0, 0.05) is 7.05 Å². The molecule has 0 aliphatic carbocycles. The highest BCUT2D eigenvalue weighted by Crippen LogP contribution is 2.34. The molecule has 1 aromatic rings. The molecule has 140 valence electrons. The molecule has 4 unspecified atom stereocenters. The van der Waals surface area contributed by atoms with E-state index in [1.165, 1.54) is 6.42 Å². The molecule has 2 fully saturated rings. The van der Waals surface area contributed by atoms with Crippen molar-refractivity contribution in [1.29, 1.82) is 0 Å². The van der Waals surface area contributed by atoms with Crippen LogP contribution in [0, 0.1) is 0 Å². The van der Waals surface area contributed by atoms with Crippen LogP contribution in [0.5, 0.6) is 11.5 Å². The van der Waals surface area contributed by atoms with Crippen molar-refractivity contribution in [3.8, 4) is 11.5 Å². The molecule has 2 aliphatic heterocycles. The molecule has 6 nitrogen and oxygen atoms in total. The van der Waals surface area contributed by atoms with Crippen molar-refractivity contribution >= 4 is 29.9 Å². The molecule has 2 saturated heterocycles. The lowest BCUT2D eigenvalue weighted by Gasteiger charge is -2.23. The lowest BCUT2D eigenvalue weighted by molar-refractivity contribution is 0.0992. The van der Waals surface area contributed by atoms with E-state index in [-0.39, 0.29) is 30.1 Å². The number of aliphatic imine (C=N–C) groups is 1. The van der Waals surface area contributed by atoms with Crippen LogP contribution < -0.4 is 20.1 Å². The largest absolute Gasteiger partial charge is 0.497 e. The van der Waals surface area contributed by atoms with Gasteiger partial charge >= 0.3 is 0 Å². The molecule has 4 atom stereocenters. The first kappa shape index (κ1) is 20.1. The molecule has 0 saturated carbocycles. The molecular formula is C18H28IN3O3. The van der Waals surface area contributed by atoms with Gasteiger partial charge in [-0.3, -0.25) is 4.99 Å². The van der Waals surface area contributed by atoms with Crippen molar-refractivity contribution < 1.29 is 14.2 Å². The van der Waals surface area contributed by atoms with E-state index in [4.69, 9.17) is 14.2 Å². The summed E-state index contributed by atoms with van der Waals surface area (Å²) in [5.41, 5.74) is 0. The van der Waals surface area contributed by atoms with E-state index < -0.39 is 0 Å². The number of guanidine groups is 1. The SMILES string of the molecule is CN=C(NCC(C)Oc1ccc(OC)cc1)NC1CC2CCC1O2.I. The Morgan fingerprint density at radius 2 is 2.00 bits per heavy atom. The zero-order chi connectivity index (χ0) is 16.9. The number of halogens is 1. The van der Waals surface area contributed by atoms with Crippen LogP contribution in [-0.2, 0) is 4.74 Å². The Hall–Kier alpha value is -1.22. The van der Waals surface area contributed by atoms with E-state index in [1.807, 2.05) is 31.2 Å². The quantitative estimate of drug-likeness (QED) is 0.388. The number of rotatable bonds is 6. The van der Waals surface area contributed by atoms with Gasteiger partial charge in [-0.2, -0.15) is 0 Å². The second kappa shape index (κ2) is 9.47. The number of nitrogens with one attached hydrogen (secondary N) is 2. The second-order valence-corrected chi connectivity index (χ2v) is 6.42. The Kier molecular flexibility index (Phi) is 7.61. The molecule has 0 spiro atoms. The Bertz CT molecular complexity index is 567.